The molecular weight excluding hydrogens is 1100 g/mol. The lowest BCUT2D eigenvalue weighted by atomic mass is 9.82. The Morgan fingerprint density at radius 3 is 1.03 bits per heavy atom. The van der Waals surface area contributed by atoms with Crippen molar-refractivity contribution in [3.05, 3.63) is 322 Å². The molecule has 0 radical (unpaired) electrons. The van der Waals surface area contributed by atoms with E-state index in [2.05, 4.69) is 325 Å². The van der Waals surface area contributed by atoms with Crippen LogP contribution in [0, 0.1) is 13.8 Å². The molecule has 2 nitrogen and oxygen atoms in total. The Morgan fingerprint density at radius 2 is 0.605 bits per heavy atom. The lowest BCUT2D eigenvalue weighted by Gasteiger charge is -2.32. The topological polar surface area (TPSA) is 29.3 Å². The zero-order valence-electron chi connectivity index (χ0n) is 50.4. The third kappa shape index (κ3) is 9.88. The SMILES string of the molecule is CC1(C)c2ccccc2-c2ccc(Br)cc21.Cc1cc(-c2ccccc2)cc(-c2ccccc2)c1N.Cc1cc(-c2ccccc2)cc(-c2ccccc2)c1N(c1ccc2c(c1)C(C)(C)c1ccccc1-2)c1ccc2c(c1)C(C)(C)c1ccccc1-2. The molecule has 0 atom stereocenters. The molecule has 3 aliphatic carbocycles. The van der Waals surface area contributed by atoms with Crippen LogP contribution in [0.15, 0.2) is 277 Å². The summed E-state index contributed by atoms with van der Waals surface area (Å²) in [6.07, 6.45) is 0. The monoisotopic (exact) mass is 1170 g/mol. The average Bonchev–Trinajstić information content (AvgIpc) is 1.75. The van der Waals surface area contributed by atoms with Gasteiger partial charge in [-0.3, -0.25) is 0 Å². The molecule has 0 bridgehead atoms. The van der Waals surface area contributed by atoms with Gasteiger partial charge in [0.15, 0.2) is 0 Å². The van der Waals surface area contributed by atoms with Crippen molar-refractivity contribution in [1.82, 2.24) is 0 Å². The lowest BCUT2D eigenvalue weighted by molar-refractivity contribution is 0.660. The molecule has 0 saturated heterocycles. The van der Waals surface area contributed by atoms with Gasteiger partial charge < -0.3 is 10.6 Å². The molecule has 0 amide bonds. The second-order valence-corrected chi connectivity index (χ2v) is 25.8. The fraction of sp³-hybridized carbons (Fsp3) is 0.133. The van der Waals surface area contributed by atoms with Crippen LogP contribution in [0.5, 0.6) is 0 Å². The summed E-state index contributed by atoms with van der Waals surface area (Å²) in [7, 11) is 0. The van der Waals surface area contributed by atoms with Crippen molar-refractivity contribution in [2.45, 2.75) is 71.6 Å². The summed E-state index contributed by atoms with van der Waals surface area (Å²) in [5, 5.41) is 0. The maximum Gasteiger partial charge on any atom is 0.0569 e. The first-order valence-electron chi connectivity index (χ1n) is 30.0. The Bertz CT molecular complexity index is 4410. The van der Waals surface area contributed by atoms with Crippen molar-refractivity contribution in [3.63, 3.8) is 0 Å². The highest BCUT2D eigenvalue weighted by atomic mass is 79.9. The van der Waals surface area contributed by atoms with Crippen LogP contribution < -0.4 is 10.6 Å². The largest absolute Gasteiger partial charge is 0.398 e. The first-order chi connectivity index (χ1) is 41.6. The highest BCUT2D eigenvalue weighted by molar-refractivity contribution is 9.10. The number of nitrogen functional groups attached to an aromatic ring is 1. The van der Waals surface area contributed by atoms with E-state index in [1.165, 1.54) is 123 Å². The van der Waals surface area contributed by atoms with Gasteiger partial charge in [0.25, 0.3) is 0 Å². The van der Waals surface area contributed by atoms with Crippen molar-refractivity contribution in [2.24, 2.45) is 0 Å². The molecule has 0 aromatic heterocycles. The van der Waals surface area contributed by atoms with Crippen LogP contribution in [0.25, 0.3) is 77.9 Å². The molecule has 12 aromatic rings. The minimum absolute atomic E-state index is 0.107. The van der Waals surface area contributed by atoms with Gasteiger partial charge in [0.05, 0.1) is 5.69 Å². The van der Waals surface area contributed by atoms with Crippen molar-refractivity contribution in [1.29, 1.82) is 0 Å². The minimum atomic E-state index is -0.107. The Morgan fingerprint density at radius 1 is 0.279 bits per heavy atom. The quantitative estimate of drug-likeness (QED) is 0.161. The molecule has 0 fully saturated rings. The summed E-state index contributed by atoms with van der Waals surface area (Å²) in [4.78, 5) is 2.53. The van der Waals surface area contributed by atoms with Gasteiger partial charge in [-0.05, 0) is 186 Å². The highest BCUT2D eigenvalue weighted by Gasteiger charge is 2.39. The summed E-state index contributed by atoms with van der Waals surface area (Å²) in [5.74, 6) is 0. The molecule has 3 aliphatic rings. The zero-order valence-corrected chi connectivity index (χ0v) is 52.0. The Kier molecular flexibility index (Phi) is 14.5. The Hall–Kier alpha value is -9.28. The molecule has 0 unspecified atom stereocenters. The molecule has 12 aromatic carbocycles. The van der Waals surface area contributed by atoms with Crippen molar-refractivity contribution in [3.8, 4) is 77.9 Å². The second-order valence-electron chi connectivity index (χ2n) is 24.9. The van der Waals surface area contributed by atoms with E-state index < -0.39 is 0 Å². The van der Waals surface area contributed by atoms with E-state index in [0.717, 1.165) is 26.9 Å². The smallest absolute Gasteiger partial charge is 0.0569 e. The Balaban J connectivity index is 0.000000154. The number of halogens is 1. The molecule has 2 N–H and O–H groups in total. The maximum atomic E-state index is 6.26. The third-order valence-electron chi connectivity index (χ3n) is 18.5. The summed E-state index contributed by atoms with van der Waals surface area (Å²) in [5.41, 5.74) is 39.0. The van der Waals surface area contributed by atoms with E-state index in [0.29, 0.717) is 0 Å². The van der Waals surface area contributed by atoms with Gasteiger partial charge in [-0.25, -0.2) is 0 Å². The summed E-state index contributed by atoms with van der Waals surface area (Å²) in [6, 6.07) is 98.9. The molecule has 420 valence electrons. The number of benzene rings is 12. The van der Waals surface area contributed by atoms with E-state index in [1.807, 2.05) is 24.3 Å². The number of anilines is 4. The van der Waals surface area contributed by atoms with Crippen LogP contribution in [-0.2, 0) is 16.2 Å². The van der Waals surface area contributed by atoms with Gasteiger partial charge in [0, 0.05) is 48.9 Å². The number of aryl methyl sites for hydroxylation is 2. The number of hydrogen-bond donors (Lipinski definition) is 1. The highest BCUT2D eigenvalue weighted by Crippen LogP contribution is 2.55. The molecule has 86 heavy (non-hydrogen) atoms. The van der Waals surface area contributed by atoms with Gasteiger partial charge in [-0.15, -0.1) is 0 Å². The molecule has 0 saturated carbocycles. The number of nitrogens with zero attached hydrogens (tertiary/aromatic N) is 1. The van der Waals surface area contributed by atoms with E-state index in [4.69, 9.17) is 5.73 Å². The molecule has 15 rings (SSSR count). The molecular formula is C83H71BrN2. The average molecular weight is 1180 g/mol. The van der Waals surface area contributed by atoms with Gasteiger partial charge in [0.1, 0.15) is 0 Å². The van der Waals surface area contributed by atoms with Crippen LogP contribution in [0.4, 0.5) is 22.7 Å². The predicted octanol–water partition coefficient (Wildman–Crippen LogP) is 23.1. The first-order valence-corrected chi connectivity index (χ1v) is 30.8. The van der Waals surface area contributed by atoms with Gasteiger partial charge in [0.2, 0.25) is 0 Å². The number of rotatable bonds is 7. The number of fused-ring (bicyclic) bond motifs is 9. The van der Waals surface area contributed by atoms with Crippen LogP contribution in [0.2, 0.25) is 0 Å². The van der Waals surface area contributed by atoms with Crippen molar-refractivity contribution >= 4 is 38.7 Å². The van der Waals surface area contributed by atoms with E-state index in [9.17, 15) is 0 Å². The minimum Gasteiger partial charge on any atom is -0.398 e. The van der Waals surface area contributed by atoms with Gasteiger partial charge >= 0.3 is 0 Å². The fourth-order valence-electron chi connectivity index (χ4n) is 13.9. The predicted molar refractivity (Wildman–Crippen MR) is 370 cm³/mol. The molecule has 0 spiro atoms. The standard InChI is InChI=1S/C49H41N.C19H17N.C15H13Br/c1-32-28-35(33-16-8-6-9-17-33)29-42(34-18-10-7-11-19-34)47(32)50(36-24-26-40-38-20-12-14-22-43(38)48(2,3)45(40)30-36)37-25-27-41-39-21-13-15-23-44(39)49(4,5)46(41)31-37;1-14-12-17(15-8-4-2-5-9-15)13-18(19(14)20)16-10-6-3-7-11-16;1-15(2)13-6-4-3-5-11(13)12-8-7-10(16)9-14(12)15/h6-31H,1-5H3;2-13H,20H2,1H3;3-9H,1-2H3. The van der Waals surface area contributed by atoms with E-state index >= 15 is 0 Å². The summed E-state index contributed by atoms with van der Waals surface area (Å²) >= 11 is 3.56. The number of hydrogen-bond acceptors (Lipinski definition) is 2. The molecule has 3 heteroatoms. The van der Waals surface area contributed by atoms with Crippen LogP contribution >= 0.6 is 15.9 Å². The molecule has 0 aliphatic heterocycles. The maximum absolute atomic E-state index is 6.26. The first kappa shape index (κ1) is 55.9. The summed E-state index contributed by atoms with van der Waals surface area (Å²) in [6.45, 7) is 18.4. The normalized spacial score (nSPS) is 13.7. The van der Waals surface area contributed by atoms with E-state index in [-0.39, 0.29) is 16.2 Å². The lowest BCUT2D eigenvalue weighted by Crippen LogP contribution is -2.18. The fourth-order valence-corrected chi connectivity index (χ4v) is 14.3. The van der Waals surface area contributed by atoms with Crippen LogP contribution in [-0.4, -0.2) is 0 Å². The summed E-state index contributed by atoms with van der Waals surface area (Å²) < 4.78 is 1.16. The zero-order chi connectivity index (χ0) is 59.5. The van der Waals surface area contributed by atoms with Crippen molar-refractivity contribution in [2.75, 3.05) is 10.6 Å². The van der Waals surface area contributed by atoms with Gasteiger partial charge in [-0.2, -0.15) is 0 Å². The van der Waals surface area contributed by atoms with E-state index in [1.54, 1.807) is 0 Å². The Labute approximate surface area is 517 Å². The van der Waals surface area contributed by atoms with Gasteiger partial charge in [-0.1, -0.05) is 270 Å². The second kappa shape index (κ2) is 22.3. The van der Waals surface area contributed by atoms with Crippen LogP contribution in [0.3, 0.4) is 0 Å². The molecule has 0 heterocycles. The van der Waals surface area contributed by atoms with Crippen molar-refractivity contribution < 1.29 is 0 Å². The van der Waals surface area contributed by atoms with Crippen LogP contribution in [0.1, 0.15) is 86.1 Å². The third-order valence-corrected chi connectivity index (χ3v) is 19.0. The number of nitrogens with two attached hydrogens (primary N) is 1.